The van der Waals surface area contributed by atoms with Gasteiger partial charge in [0.05, 0.1) is 5.69 Å². The average Bonchev–Trinajstić information content (AvgIpc) is 2.80. The van der Waals surface area contributed by atoms with Gasteiger partial charge in [-0.05, 0) is 44.0 Å². The molecule has 0 fully saturated rings. The van der Waals surface area contributed by atoms with Crippen LogP contribution in [0.4, 0.5) is 5.69 Å². The zero-order chi connectivity index (χ0) is 17.7. The molecule has 2 N–H and O–H groups in total. The molecule has 1 unspecified atom stereocenters. The Hall–Kier alpha value is -1.56. The lowest BCUT2D eigenvalue weighted by Crippen LogP contribution is -2.24. The molecule has 5 nitrogen and oxygen atoms in total. The van der Waals surface area contributed by atoms with Crippen LogP contribution in [0.5, 0.6) is 0 Å². The SMILES string of the molecule is CCNCc1ccccc1NC(=O)C(C)Cc1c(C)nn(C)c1C.Cl.Cl. The highest BCUT2D eigenvalue weighted by Gasteiger charge is 2.19. The first-order valence-electron chi connectivity index (χ1n) is 8.52. The largest absolute Gasteiger partial charge is 0.326 e. The number of anilines is 1. The topological polar surface area (TPSA) is 58.9 Å². The second-order valence-corrected chi connectivity index (χ2v) is 6.30. The molecule has 0 saturated carbocycles. The van der Waals surface area contributed by atoms with E-state index in [2.05, 4.69) is 22.7 Å². The number of para-hydroxylation sites is 1. The van der Waals surface area contributed by atoms with Gasteiger partial charge in [0.15, 0.2) is 0 Å². The Morgan fingerprint density at radius 3 is 2.46 bits per heavy atom. The van der Waals surface area contributed by atoms with E-state index in [0.29, 0.717) is 6.42 Å². The van der Waals surface area contributed by atoms with Gasteiger partial charge in [-0.1, -0.05) is 32.0 Å². The molecule has 2 rings (SSSR count). The molecule has 0 aliphatic heterocycles. The van der Waals surface area contributed by atoms with Gasteiger partial charge in [-0.2, -0.15) is 5.10 Å². The van der Waals surface area contributed by atoms with Gasteiger partial charge < -0.3 is 10.6 Å². The Morgan fingerprint density at radius 1 is 1.23 bits per heavy atom. The highest BCUT2D eigenvalue weighted by molar-refractivity contribution is 5.93. The van der Waals surface area contributed by atoms with Crippen LogP contribution in [0.1, 0.15) is 36.4 Å². The molecule has 1 aromatic carbocycles. The normalized spacial score (nSPS) is 11.3. The van der Waals surface area contributed by atoms with E-state index in [4.69, 9.17) is 0 Å². The van der Waals surface area contributed by atoms with Gasteiger partial charge in [0.1, 0.15) is 0 Å². The summed E-state index contributed by atoms with van der Waals surface area (Å²) in [6.45, 7) is 9.74. The van der Waals surface area contributed by atoms with E-state index in [9.17, 15) is 4.79 Å². The van der Waals surface area contributed by atoms with Crippen LogP contribution in [0.3, 0.4) is 0 Å². The maximum absolute atomic E-state index is 12.6. The Balaban J connectivity index is 0.00000312. The number of halogens is 2. The van der Waals surface area contributed by atoms with Crippen LogP contribution in [0.15, 0.2) is 24.3 Å². The summed E-state index contributed by atoms with van der Waals surface area (Å²) in [5, 5.41) is 10.8. The quantitative estimate of drug-likeness (QED) is 0.742. The minimum atomic E-state index is -0.112. The Kier molecular flexibility index (Phi) is 10.5. The van der Waals surface area contributed by atoms with Gasteiger partial charge in [-0.25, -0.2) is 0 Å². The van der Waals surface area contributed by atoms with Crippen LogP contribution in [0, 0.1) is 19.8 Å². The summed E-state index contributed by atoms with van der Waals surface area (Å²) in [4.78, 5) is 12.6. The molecule has 2 aromatic rings. The van der Waals surface area contributed by atoms with Crippen molar-refractivity contribution >= 4 is 36.4 Å². The zero-order valence-electron chi connectivity index (χ0n) is 16.1. The number of aryl methyl sites for hydroxylation is 2. The Morgan fingerprint density at radius 2 is 1.88 bits per heavy atom. The number of carbonyl (C=O) groups is 1. The smallest absolute Gasteiger partial charge is 0.227 e. The second kappa shape index (κ2) is 11.2. The number of benzene rings is 1. The molecule has 146 valence electrons. The van der Waals surface area contributed by atoms with Gasteiger partial charge in [0, 0.05) is 30.9 Å². The molecule has 0 saturated heterocycles. The predicted octanol–water partition coefficient (Wildman–Crippen LogP) is 3.81. The van der Waals surface area contributed by atoms with Gasteiger partial charge in [0.2, 0.25) is 5.91 Å². The molecule has 7 heteroatoms. The van der Waals surface area contributed by atoms with Crippen molar-refractivity contribution in [3.05, 3.63) is 46.8 Å². The lowest BCUT2D eigenvalue weighted by molar-refractivity contribution is -0.119. The fraction of sp³-hybridized carbons (Fsp3) is 0.474. The monoisotopic (exact) mass is 400 g/mol. The first kappa shape index (κ1) is 24.4. The summed E-state index contributed by atoms with van der Waals surface area (Å²) in [6.07, 6.45) is 0.701. The van der Waals surface area contributed by atoms with Crippen molar-refractivity contribution in [3.8, 4) is 0 Å². The van der Waals surface area contributed by atoms with Crippen molar-refractivity contribution in [2.45, 2.75) is 40.7 Å². The number of hydrogen-bond acceptors (Lipinski definition) is 3. The van der Waals surface area contributed by atoms with Gasteiger partial charge in [-0.3, -0.25) is 9.48 Å². The summed E-state index contributed by atoms with van der Waals surface area (Å²) in [5.74, 6) is -0.0691. The van der Waals surface area contributed by atoms with Gasteiger partial charge >= 0.3 is 0 Å². The van der Waals surface area contributed by atoms with Crippen molar-refractivity contribution in [2.24, 2.45) is 13.0 Å². The fourth-order valence-corrected chi connectivity index (χ4v) is 2.82. The molecule has 0 radical (unpaired) electrons. The average molecular weight is 401 g/mol. The minimum absolute atomic E-state index is 0. The third-order valence-corrected chi connectivity index (χ3v) is 4.46. The molecule has 0 aliphatic carbocycles. The first-order chi connectivity index (χ1) is 11.4. The Bertz CT molecular complexity index is 716. The Labute approximate surface area is 168 Å². The van der Waals surface area contributed by atoms with Crippen molar-refractivity contribution in [1.82, 2.24) is 15.1 Å². The third-order valence-electron chi connectivity index (χ3n) is 4.46. The fourth-order valence-electron chi connectivity index (χ4n) is 2.82. The first-order valence-corrected chi connectivity index (χ1v) is 8.52. The molecule has 1 heterocycles. The van der Waals surface area contributed by atoms with Crippen LogP contribution < -0.4 is 10.6 Å². The van der Waals surface area contributed by atoms with Crippen LogP contribution in [0.2, 0.25) is 0 Å². The van der Waals surface area contributed by atoms with E-state index in [-0.39, 0.29) is 36.6 Å². The van der Waals surface area contributed by atoms with E-state index in [0.717, 1.165) is 35.7 Å². The molecule has 26 heavy (non-hydrogen) atoms. The lowest BCUT2D eigenvalue weighted by atomic mass is 9.98. The molecule has 1 atom stereocenters. The molecule has 0 spiro atoms. The second-order valence-electron chi connectivity index (χ2n) is 6.30. The highest BCUT2D eigenvalue weighted by atomic mass is 35.5. The summed E-state index contributed by atoms with van der Waals surface area (Å²) in [6, 6.07) is 7.94. The summed E-state index contributed by atoms with van der Waals surface area (Å²) in [5.41, 5.74) is 5.28. The maximum Gasteiger partial charge on any atom is 0.227 e. The zero-order valence-corrected chi connectivity index (χ0v) is 17.8. The van der Waals surface area contributed by atoms with E-state index in [1.807, 2.05) is 56.8 Å². The number of nitrogens with zero attached hydrogens (tertiary/aromatic N) is 2. The van der Waals surface area contributed by atoms with E-state index < -0.39 is 0 Å². The lowest BCUT2D eigenvalue weighted by Gasteiger charge is -2.15. The summed E-state index contributed by atoms with van der Waals surface area (Å²) >= 11 is 0. The maximum atomic E-state index is 12.6. The van der Waals surface area contributed by atoms with Crippen molar-refractivity contribution < 1.29 is 4.79 Å². The number of hydrogen-bond donors (Lipinski definition) is 2. The van der Waals surface area contributed by atoms with Gasteiger partial charge in [-0.15, -0.1) is 24.8 Å². The number of carbonyl (C=O) groups excluding carboxylic acids is 1. The number of aromatic nitrogens is 2. The minimum Gasteiger partial charge on any atom is -0.326 e. The number of rotatable bonds is 7. The summed E-state index contributed by atoms with van der Waals surface area (Å²) < 4.78 is 1.88. The highest BCUT2D eigenvalue weighted by Crippen LogP contribution is 2.20. The van der Waals surface area contributed by atoms with Crippen LogP contribution >= 0.6 is 24.8 Å². The van der Waals surface area contributed by atoms with E-state index in [1.54, 1.807) is 0 Å². The number of amides is 1. The number of nitrogens with one attached hydrogen (secondary N) is 2. The van der Waals surface area contributed by atoms with Crippen LogP contribution in [0.25, 0.3) is 0 Å². The molecule has 1 amide bonds. The van der Waals surface area contributed by atoms with Crippen LogP contribution in [-0.2, 0) is 24.8 Å². The van der Waals surface area contributed by atoms with Crippen molar-refractivity contribution in [1.29, 1.82) is 0 Å². The molecule has 1 aromatic heterocycles. The van der Waals surface area contributed by atoms with Crippen molar-refractivity contribution in [2.75, 3.05) is 11.9 Å². The van der Waals surface area contributed by atoms with E-state index >= 15 is 0 Å². The third kappa shape index (κ3) is 6.01. The molecular weight excluding hydrogens is 371 g/mol. The van der Waals surface area contributed by atoms with Crippen LogP contribution in [-0.4, -0.2) is 22.2 Å². The molecular formula is C19H30Cl2N4O. The molecule has 0 aliphatic rings. The molecule has 0 bridgehead atoms. The predicted molar refractivity (Wildman–Crippen MR) is 112 cm³/mol. The van der Waals surface area contributed by atoms with Crippen molar-refractivity contribution in [3.63, 3.8) is 0 Å². The standard InChI is InChI=1S/C19H28N4O.2ClH/c1-6-20-12-16-9-7-8-10-18(16)21-19(24)13(2)11-17-14(3)22-23(5)15(17)4;;/h7-10,13,20H,6,11-12H2,1-5H3,(H,21,24);2*1H. The van der Waals surface area contributed by atoms with E-state index in [1.165, 1.54) is 5.56 Å². The summed E-state index contributed by atoms with van der Waals surface area (Å²) in [7, 11) is 1.94. The van der Waals surface area contributed by atoms with Gasteiger partial charge in [0.25, 0.3) is 0 Å².